The summed E-state index contributed by atoms with van der Waals surface area (Å²) in [6.45, 7) is -0.820. The van der Waals surface area contributed by atoms with Gasteiger partial charge in [0.05, 0.1) is 18.7 Å². The number of pyridine rings is 1. The van der Waals surface area contributed by atoms with Crippen LogP contribution in [0.3, 0.4) is 0 Å². The second kappa shape index (κ2) is 4.87. The average Bonchev–Trinajstić information content (AvgIpc) is 2.77. The lowest BCUT2D eigenvalue weighted by Gasteiger charge is -2.03. The highest BCUT2D eigenvalue weighted by molar-refractivity contribution is 6.29. The van der Waals surface area contributed by atoms with Gasteiger partial charge in [-0.1, -0.05) is 18.2 Å². The smallest absolute Gasteiger partial charge is 0.192 e. The van der Waals surface area contributed by atoms with Crippen molar-refractivity contribution in [3.05, 3.63) is 68.1 Å². The molecule has 0 saturated heterocycles. The Morgan fingerprint density at radius 2 is 1.78 bits per heavy atom. The largest absolute Gasteiger partial charge is 0.392 e. The molecule has 3 aromatic carbocycles. The third kappa shape index (κ3) is 1.75. The summed E-state index contributed by atoms with van der Waals surface area (Å²) in [5, 5.41) is 22.1. The van der Waals surface area contributed by atoms with E-state index in [0.29, 0.717) is 16.2 Å². The highest BCUT2D eigenvalue weighted by atomic mass is 16.3. The molecule has 114 valence electrons. The lowest BCUT2D eigenvalue weighted by Crippen LogP contribution is -2.10. The van der Waals surface area contributed by atoms with Crippen LogP contribution in [0.25, 0.3) is 32.4 Å². The topological polar surface area (TPSA) is 90.4 Å². The van der Waals surface area contributed by atoms with Gasteiger partial charge in [0.1, 0.15) is 0 Å². The first-order valence-corrected chi connectivity index (χ1v) is 7.23. The summed E-state index contributed by atoms with van der Waals surface area (Å²) < 4.78 is 0. The van der Waals surface area contributed by atoms with E-state index < -0.39 is 6.61 Å². The minimum atomic E-state index is -0.440. The van der Waals surface area contributed by atoms with Crippen LogP contribution in [0.5, 0.6) is 0 Å². The van der Waals surface area contributed by atoms with Gasteiger partial charge >= 0.3 is 0 Å². The molecule has 0 amide bonds. The summed E-state index contributed by atoms with van der Waals surface area (Å²) in [4.78, 5) is 28.3. The Hall–Kier alpha value is -2.76. The molecular formula is C18H13NO4. The van der Waals surface area contributed by atoms with Crippen LogP contribution in [-0.2, 0) is 13.2 Å². The molecule has 0 unspecified atom stereocenters. The van der Waals surface area contributed by atoms with Gasteiger partial charge in [-0.25, -0.2) is 0 Å². The van der Waals surface area contributed by atoms with Crippen LogP contribution in [-0.4, -0.2) is 15.2 Å². The molecular weight excluding hydrogens is 294 g/mol. The van der Waals surface area contributed by atoms with Gasteiger partial charge in [-0.3, -0.25) is 9.59 Å². The molecule has 0 saturated carbocycles. The zero-order chi connectivity index (χ0) is 16.1. The fourth-order valence-electron chi connectivity index (χ4n) is 3.34. The van der Waals surface area contributed by atoms with Crippen LogP contribution >= 0.6 is 0 Å². The second-order valence-corrected chi connectivity index (χ2v) is 5.53. The highest BCUT2D eigenvalue weighted by Crippen LogP contribution is 2.35. The van der Waals surface area contributed by atoms with Crippen molar-refractivity contribution in [1.29, 1.82) is 0 Å². The van der Waals surface area contributed by atoms with Crippen molar-refractivity contribution in [3.8, 4) is 0 Å². The zero-order valence-electron chi connectivity index (χ0n) is 12.1. The van der Waals surface area contributed by atoms with E-state index in [1.54, 1.807) is 30.5 Å². The SMILES string of the molecule is O=c1cc2cc[nH]c3c4cccc(CO)c(=O)c4c(c1CO)c23. The minimum Gasteiger partial charge on any atom is -0.392 e. The van der Waals surface area contributed by atoms with Crippen molar-refractivity contribution in [2.75, 3.05) is 0 Å². The van der Waals surface area contributed by atoms with E-state index in [1.807, 2.05) is 0 Å². The monoisotopic (exact) mass is 307 g/mol. The lowest BCUT2D eigenvalue weighted by molar-refractivity contribution is 0.281. The first-order chi connectivity index (χ1) is 11.2. The Morgan fingerprint density at radius 1 is 0.957 bits per heavy atom. The second-order valence-electron chi connectivity index (χ2n) is 5.53. The van der Waals surface area contributed by atoms with Gasteiger partial charge in [0.15, 0.2) is 10.9 Å². The van der Waals surface area contributed by atoms with Gasteiger partial charge in [0.25, 0.3) is 0 Å². The maximum Gasteiger partial charge on any atom is 0.192 e. The van der Waals surface area contributed by atoms with Crippen molar-refractivity contribution in [2.45, 2.75) is 13.2 Å². The molecule has 5 heteroatoms. The predicted octanol–water partition coefficient (Wildman–Crippen LogP) is 1.62. The summed E-state index contributed by atoms with van der Waals surface area (Å²) in [6.07, 6.45) is 1.72. The molecule has 0 radical (unpaired) electrons. The molecule has 4 rings (SSSR count). The normalized spacial score (nSPS) is 11.7. The molecule has 0 bridgehead atoms. The maximum absolute atomic E-state index is 12.8. The van der Waals surface area contributed by atoms with Gasteiger partial charge in [0.2, 0.25) is 0 Å². The molecule has 1 aromatic heterocycles. The molecule has 0 fully saturated rings. The van der Waals surface area contributed by atoms with Gasteiger partial charge in [0, 0.05) is 38.9 Å². The van der Waals surface area contributed by atoms with Crippen LogP contribution < -0.4 is 10.9 Å². The predicted molar refractivity (Wildman–Crippen MR) is 88.9 cm³/mol. The number of fused-ring (bicyclic) bond motifs is 3. The summed E-state index contributed by atoms with van der Waals surface area (Å²) >= 11 is 0. The van der Waals surface area contributed by atoms with Crippen LogP contribution in [0, 0.1) is 0 Å². The van der Waals surface area contributed by atoms with Gasteiger partial charge in [-0.2, -0.15) is 0 Å². The van der Waals surface area contributed by atoms with Crippen molar-refractivity contribution in [1.82, 2.24) is 4.98 Å². The van der Waals surface area contributed by atoms with E-state index in [2.05, 4.69) is 4.98 Å². The number of nitrogens with one attached hydrogen (secondary N) is 1. The summed E-state index contributed by atoms with van der Waals surface area (Å²) in [6, 6.07) is 8.31. The molecule has 0 aliphatic carbocycles. The molecule has 4 aromatic rings. The fourth-order valence-corrected chi connectivity index (χ4v) is 3.34. The lowest BCUT2D eigenvalue weighted by atomic mass is 10.0. The minimum absolute atomic E-state index is 0.212. The first kappa shape index (κ1) is 13.9. The number of rotatable bonds is 2. The molecule has 5 nitrogen and oxygen atoms in total. The van der Waals surface area contributed by atoms with Crippen molar-refractivity contribution < 1.29 is 10.2 Å². The number of benzene rings is 1. The zero-order valence-corrected chi connectivity index (χ0v) is 12.1. The summed E-state index contributed by atoms with van der Waals surface area (Å²) in [5.41, 5.74) is 0.603. The molecule has 3 N–H and O–H groups in total. The number of aromatic amines is 1. The standard InChI is InChI=1S/C18H13NO4/c20-7-10-2-1-3-11-16(18(10)23)15-12(8-21)13(22)6-9-4-5-19-17(11)14(9)15/h1-6,19-21H,7-8H2. The quantitative estimate of drug-likeness (QED) is 0.525. The number of H-pyrrole nitrogens is 1. The molecule has 0 aliphatic heterocycles. The van der Waals surface area contributed by atoms with E-state index >= 15 is 0 Å². The molecule has 1 heterocycles. The number of aliphatic hydroxyl groups excluding tert-OH is 2. The van der Waals surface area contributed by atoms with Gasteiger partial charge in [-0.15, -0.1) is 0 Å². The van der Waals surface area contributed by atoms with E-state index in [9.17, 15) is 19.8 Å². The Kier molecular flexibility index (Phi) is 2.94. The molecule has 0 atom stereocenters. The Morgan fingerprint density at radius 3 is 2.52 bits per heavy atom. The van der Waals surface area contributed by atoms with Crippen LogP contribution in [0.15, 0.2) is 46.1 Å². The maximum atomic E-state index is 12.8. The molecule has 23 heavy (non-hydrogen) atoms. The Balaban J connectivity index is 2.49. The molecule has 0 spiro atoms. The van der Waals surface area contributed by atoms with E-state index in [4.69, 9.17) is 0 Å². The third-order valence-electron chi connectivity index (χ3n) is 4.36. The van der Waals surface area contributed by atoms with Crippen molar-refractivity contribution >= 4 is 32.4 Å². The van der Waals surface area contributed by atoms with Crippen molar-refractivity contribution in [3.63, 3.8) is 0 Å². The molecule has 0 aliphatic rings. The van der Waals surface area contributed by atoms with Crippen LogP contribution in [0.4, 0.5) is 0 Å². The summed E-state index contributed by atoms with van der Waals surface area (Å²) in [7, 11) is 0. The van der Waals surface area contributed by atoms with E-state index in [1.165, 1.54) is 6.07 Å². The average molecular weight is 307 g/mol. The van der Waals surface area contributed by atoms with Crippen LogP contribution in [0.2, 0.25) is 0 Å². The Labute approximate surface area is 129 Å². The number of aromatic nitrogens is 1. The number of hydrogen-bond donors (Lipinski definition) is 3. The van der Waals surface area contributed by atoms with Gasteiger partial charge < -0.3 is 15.2 Å². The Bertz CT molecular complexity index is 1180. The summed E-state index contributed by atoms with van der Waals surface area (Å²) in [5.74, 6) is 0. The van der Waals surface area contributed by atoms with E-state index in [0.717, 1.165) is 16.3 Å². The van der Waals surface area contributed by atoms with E-state index in [-0.39, 0.29) is 28.6 Å². The van der Waals surface area contributed by atoms with Crippen LogP contribution in [0.1, 0.15) is 11.1 Å². The fraction of sp³-hybridized carbons (Fsp3) is 0.111. The third-order valence-corrected chi connectivity index (χ3v) is 4.36. The van der Waals surface area contributed by atoms with Crippen molar-refractivity contribution in [2.24, 2.45) is 0 Å². The number of hydrogen-bond acceptors (Lipinski definition) is 4. The number of aliphatic hydroxyl groups is 2. The highest BCUT2D eigenvalue weighted by Gasteiger charge is 2.19. The first-order valence-electron chi connectivity index (χ1n) is 7.23. The van der Waals surface area contributed by atoms with Gasteiger partial charge in [-0.05, 0) is 17.5 Å².